The minimum atomic E-state index is -0.595. The van der Waals surface area contributed by atoms with Gasteiger partial charge in [0.15, 0.2) is 11.5 Å². The summed E-state index contributed by atoms with van der Waals surface area (Å²) >= 11 is 19.4. The molecule has 1 heterocycles. The van der Waals surface area contributed by atoms with Crippen molar-refractivity contribution >= 4 is 75.4 Å². The highest BCUT2D eigenvalue weighted by atomic mass is 35.5. The van der Waals surface area contributed by atoms with Gasteiger partial charge in [-0.25, -0.2) is 0 Å². The second kappa shape index (κ2) is 12.7. The van der Waals surface area contributed by atoms with Gasteiger partial charge in [-0.2, -0.15) is 0 Å². The third kappa shape index (κ3) is 6.99. The van der Waals surface area contributed by atoms with E-state index in [-0.39, 0.29) is 22.3 Å². The average Bonchev–Trinajstić information content (AvgIpc) is 3.16. The number of carbonyl (C=O) groups excluding carboxylic acids is 3. The first-order valence-electron chi connectivity index (χ1n) is 11.3. The summed E-state index contributed by atoms with van der Waals surface area (Å²) in [6.07, 6.45) is 1.50. The monoisotopic (exact) mass is 606 g/mol. The van der Waals surface area contributed by atoms with Crippen molar-refractivity contribution in [2.45, 2.75) is 6.61 Å². The Morgan fingerprint density at radius 3 is 2.38 bits per heavy atom. The zero-order valence-electron chi connectivity index (χ0n) is 20.6. The van der Waals surface area contributed by atoms with Crippen LogP contribution in [0.1, 0.15) is 11.1 Å². The molecule has 0 radical (unpaired) electrons. The van der Waals surface area contributed by atoms with Crippen molar-refractivity contribution < 1.29 is 28.6 Å². The molecule has 0 spiro atoms. The molecule has 202 valence electrons. The summed E-state index contributed by atoms with van der Waals surface area (Å²) in [6.45, 7) is -0.318. The maximum Gasteiger partial charge on any atom is 0.294 e. The predicted molar refractivity (Wildman–Crippen MR) is 153 cm³/mol. The number of nitrogens with one attached hydrogen (secondary N) is 1. The van der Waals surface area contributed by atoms with E-state index in [1.54, 1.807) is 54.6 Å². The second-order valence-corrected chi connectivity index (χ2v) is 10.3. The number of amides is 3. The third-order valence-corrected chi connectivity index (χ3v) is 7.26. The van der Waals surface area contributed by atoms with E-state index < -0.39 is 23.6 Å². The van der Waals surface area contributed by atoms with Gasteiger partial charge in [0.25, 0.3) is 11.1 Å². The molecule has 1 aliphatic heterocycles. The molecule has 0 aliphatic carbocycles. The molecule has 0 unspecified atom stereocenters. The number of halogens is 3. The van der Waals surface area contributed by atoms with E-state index in [1.165, 1.54) is 20.3 Å². The minimum Gasteiger partial charge on any atom is -0.497 e. The number of methoxy groups -OCH3 is 2. The van der Waals surface area contributed by atoms with Crippen molar-refractivity contribution in [1.29, 1.82) is 0 Å². The summed E-state index contributed by atoms with van der Waals surface area (Å²) in [7, 11) is 2.99. The van der Waals surface area contributed by atoms with Gasteiger partial charge in [-0.15, -0.1) is 0 Å². The fraction of sp³-hybridized carbons (Fsp3) is 0.148. The number of nitrogens with zero attached hydrogens (tertiary/aromatic N) is 1. The molecule has 1 N–H and O–H groups in total. The first-order valence-corrected chi connectivity index (χ1v) is 13.3. The summed E-state index contributed by atoms with van der Waals surface area (Å²) in [4.78, 5) is 38.9. The Labute approximate surface area is 243 Å². The zero-order valence-corrected chi connectivity index (χ0v) is 23.7. The van der Waals surface area contributed by atoms with Crippen molar-refractivity contribution in [2.24, 2.45) is 0 Å². The molecule has 3 aromatic rings. The molecule has 4 rings (SSSR count). The fourth-order valence-electron chi connectivity index (χ4n) is 3.56. The topological polar surface area (TPSA) is 94.2 Å². The molecular weight excluding hydrogens is 587 g/mol. The standard InChI is InChI=1S/C27H21Cl3N2O6S/c1-36-19-7-5-18(6-8-19)31-24(33)13-32-26(34)23(39-27(32)35)11-15-9-21(30)25(22(10-15)37-2)38-14-16-3-4-17(28)12-20(16)29/h3-12H,13-14H2,1-2H3,(H,31,33)/b23-11+. The van der Waals surface area contributed by atoms with Crippen LogP contribution in [0.4, 0.5) is 10.5 Å². The first kappa shape index (κ1) is 28.6. The van der Waals surface area contributed by atoms with E-state index in [4.69, 9.17) is 49.0 Å². The smallest absolute Gasteiger partial charge is 0.294 e. The number of hydrogen-bond acceptors (Lipinski definition) is 7. The van der Waals surface area contributed by atoms with E-state index in [2.05, 4.69) is 5.32 Å². The Bertz CT molecular complexity index is 1460. The maximum absolute atomic E-state index is 12.9. The number of benzene rings is 3. The number of anilines is 1. The van der Waals surface area contributed by atoms with Gasteiger partial charge in [0, 0.05) is 21.3 Å². The Kier molecular flexibility index (Phi) is 9.29. The molecule has 0 bridgehead atoms. The van der Waals surface area contributed by atoms with E-state index in [0.717, 1.165) is 16.7 Å². The van der Waals surface area contributed by atoms with Crippen molar-refractivity contribution in [2.75, 3.05) is 26.1 Å². The average molecular weight is 608 g/mol. The third-order valence-electron chi connectivity index (χ3n) is 5.49. The van der Waals surface area contributed by atoms with Crippen molar-refractivity contribution in [3.8, 4) is 17.2 Å². The maximum atomic E-state index is 12.9. The zero-order chi connectivity index (χ0) is 28.1. The van der Waals surface area contributed by atoms with Gasteiger partial charge in [-0.1, -0.05) is 40.9 Å². The van der Waals surface area contributed by atoms with Gasteiger partial charge < -0.3 is 19.5 Å². The van der Waals surface area contributed by atoms with Crippen LogP contribution in [0.5, 0.6) is 17.2 Å². The molecule has 0 saturated carbocycles. The number of hydrogen-bond donors (Lipinski definition) is 1. The molecule has 3 amide bonds. The number of carbonyl (C=O) groups is 3. The van der Waals surface area contributed by atoms with E-state index in [9.17, 15) is 14.4 Å². The molecule has 0 aromatic heterocycles. The molecule has 1 fully saturated rings. The van der Waals surface area contributed by atoms with Crippen LogP contribution in [-0.2, 0) is 16.2 Å². The SMILES string of the molecule is COc1ccc(NC(=O)CN2C(=O)S/C(=C/c3cc(Cl)c(OCc4ccc(Cl)cc4Cl)c(OC)c3)C2=O)cc1. The fourth-order valence-corrected chi connectivity index (χ4v) is 5.13. The molecule has 3 aromatic carbocycles. The van der Waals surface area contributed by atoms with Gasteiger partial charge in [0.2, 0.25) is 5.91 Å². The van der Waals surface area contributed by atoms with Crippen LogP contribution in [0.25, 0.3) is 6.08 Å². The lowest BCUT2D eigenvalue weighted by Crippen LogP contribution is -2.36. The Morgan fingerprint density at radius 2 is 1.72 bits per heavy atom. The largest absolute Gasteiger partial charge is 0.497 e. The second-order valence-electron chi connectivity index (χ2n) is 8.10. The van der Waals surface area contributed by atoms with Crippen LogP contribution < -0.4 is 19.5 Å². The normalized spacial score (nSPS) is 14.1. The summed E-state index contributed by atoms with van der Waals surface area (Å²) < 4.78 is 16.4. The van der Waals surface area contributed by atoms with Crippen LogP contribution in [-0.4, -0.2) is 42.7 Å². The predicted octanol–water partition coefficient (Wildman–Crippen LogP) is 6.92. The van der Waals surface area contributed by atoms with E-state index in [0.29, 0.717) is 38.4 Å². The summed E-state index contributed by atoms with van der Waals surface area (Å²) in [5.41, 5.74) is 1.71. The lowest BCUT2D eigenvalue weighted by Gasteiger charge is -2.14. The quantitative estimate of drug-likeness (QED) is 0.264. The van der Waals surface area contributed by atoms with Gasteiger partial charge in [0.05, 0.1) is 24.1 Å². The molecular formula is C27H21Cl3N2O6S. The van der Waals surface area contributed by atoms with E-state index >= 15 is 0 Å². The Morgan fingerprint density at radius 1 is 0.974 bits per heavy atom. The molecule has 12 heteroatoms. The summed E-state index contributed by atoms with van der Waals surface area (Å²) in [5, 5.41) is 3.27. The van der Waals surface area contributed by atoms with Gasteiger partial charge in [-0.3, -0.25) is 19.3 Å². The number of ether oxygens (including phenoxy) is 3. The Balaban J connectivity index is 1.46. The first-order chi connectivity index (χ1) is 18.7. The highest BCUT2D eigenvalue weighted by molar-refractivity contribution is 8.18. The highest BCUT2D eigenvalue weighted by Crippen LogP contribution is 2.39. The lowest BCUT2D eigenvalue weighted by molar-refractivity contribution is -0.127. The van der Waals surface area contributed by atoms with Gasteiger partial charge >= 0.3 is 0 Å². The number of imide groups is 1. The lowest BCUT2D eigenvalue weighted by atomic mass is 10.1. The van der Waals surface area contributed by atoms with Gasteiger partial charge in [0.1, 0.15) is 18.9 Å². The van der Waals surface area contributed by atoms with Crippen molar-refractivity contribution in [1.82, 2.24) is 4.90 Å². The van der Waals surface area contributed by atoms with Crippen LogP contribution in [0, 0.1) is 0 Å². The molecule has 1 saturated heterocycles. The molecule has 39 heavy (non-hydrogen) atoms. The van der Waals surface area contributed by atoms with Crippen LogP contribution in [0.15, 0.2) is 59.5 Å². The van der Waals surface area contributed by atoms with Crippen molar-refractivity contribution in [3.05, 3.63) is 85.7 Å². The highest BCUT2D eigenvalue weighted by Gasteiger charge is 2.36. The van der Waals surface area contributed by atoms with Crippen LogP contribution >= 0.6 is 46.6 Å². The Hall–Kier alpha value is -3.37. The van der Waals surface area contributed by atoms with E-state index in [1.807, 2.05) is 0 Å². The summed E-state index contributed by atoms with van der Waals surface area (Å²) in [6, 6.07) is 14.9. The minimum absolute atomic E-state index is 0.114. The molecule has 8 nitrogen and oxygen atoms in total. The van der Waals surface area contributed by atoms with Crippen molar-refractivity contribution in [3.63, 3.8) is 0 Å². The number of thioether (sulfide) groups is 1. The molecule has 1 aliphatic rings. The van der Waals surface area contributed by atoms with Gasteiger partial charge in [-0.05, 0) is 71.9 Å². The number of rotatable bonds is 9. The van der Waals surface area contributed by atoms with Crippen LogP contribution in [0.2, 0.25) is 15.1 Å². The van der Waals surface area contributed by atoms with Crippen LogP contribution in [0.3, 0.4) is 0 Å². The summed E-state index contributed by atoms with van der Waals surface area (Å²) in [5.74, 6) is 0.118. The molecule has 0 atom stereocenters.